The molecule has 3 aliphatic rings. The number of aliphatic imine (C=N–C) groups is 2. The minimum Gasteiger partial charge on any atom is -0.447 e. The van der Waals surface area contributed by atoms with Crippen LogP contribution in [0, 0.1) is 0 Å². The zero-order chi connectivity index (χ0) is 17.4. The standard InChI is InChI=1S/C17H22N6O2/c18-14-20-15(19)23(17(21-14)8-4-1-5-9-17)13-7-3-2-6-12(13)22-10-11-25-16(22)24/h2-3,6-7H,1,4-5,8-11H2,(H4,18,19,20,21). The molecule has 1 aromatic carbocycles. The molecule has 1 saturated heterocycles. The highest BCUT2D eigenvalue weighted by molar-refractivity contribution is 6.08. The van der Waals surface area contributed by atoms with E-state index in [2.05, 4.69) is 9.98 Å². The molecule has 132 valence electrons. The molecule has 1 spiro atoms. The fraction of sp³-hybridized carbons (Fsp3) is 0.471. The van der Waals surface area contributed by atoms with Crippen LogP contribution in [0.25, 0.3) is 0 Å². The Labute approximate surface area is 146 Å². The first-order valence-corrected chi connectivity index (χ1v) is 8.64. The van der Waals surface area contributed by atoms with Gasteiger partial charge < -0.3 is 16.2 Å². The molecule has 8 nitrogen and oxygen atoms in total. The summed E-state index contributed by atoms with van der Waals surface area (Å²) in [5, 5.41) is 0. The van der Waals surface area contributed by atoms with Gasteiger partial charge >= 0.3 is 6.09 Å². The number of amides is 1. The van der Waals surface area contributed by atoms with Gasteiger partial charge in [-0.25, -0.2) is 9.79 Å². The van der Waals surface area contributed by atoms with Gasteiger partial charge in [0.1, 0.15) is 12.3 Å². The number of ether oxygens (including phenoxy) is 1. The molecule has 0 bridgehead atoms. The van der Waals surface area contributed by atoms with Gasteiger partial charge in [0.25, 0.3) is 0 Å². The first-order valence-electron chi connectivity index (χ1n) is 8.64. The summed E-state index contributed by atoms with van der Waals surface area (Å²) in [6.45, 7) is 0.895. The number of hydrogen-bond acceptors (Lipinski definition) is 7. The minimum absolute atomic E-state index is 0.216. The van der Waals surface area contributed by atoms with Crippen LogP contribution in [-0.4, -0.2) is 36.8 Å². The second-order valence-corrected chi connectivity index (χ2v) is 6.57. The van der Waals surface area contributed by atoms with Gasteiger partial charge in [-0.1, -0.05) is 18.6 Å². The molecule has 1 amide bonds. The zero-order valence-corrected chi connectivity index (χ0v) is 14.0. The van der Waals surface area contributed by atoms with Crippen molar-refractivity contribution in [2.45, 2.75) is 37.8 Å². The zero-order valence-electron chi connectivity index (χ0n) is 14.0. The quantitative estimate of drug-likeness (QED) is 0.851. The van der Waals surface area contributed by atoms with Crippen molar-refractivity contribution in [1.82, 2.24) is 0 Å². The summed E-state index contributed by atoms with van der Waals surface area (Å²) in [5.74, 6) is 0.531. The van der Waals surface area contributed by atoms with Crippen LogP contribution in [0.15, 0.2) is 34.3 Å². The summed E-state index contributed by atoms with van der Waals surface area (Å²) >= 11 is 0. The fourth-order valence-corrected chi connectivity index (χ4v) is 3.96. The Kier molecular flexibility index (Phi) is 3.74. The van der Waals surface area contributed by atoms with Gasteiger partial charge in [0, 0.05) is 0 Å². The maximum absolute atomic E-state index is 12.1. The Morgan fingerprint density at radius 2 is 1.80 bits per heavy atom. The van der Waals surface area contributed by atoms with Gasteiger partial charge in [-0.3, -0.25) is 9.80 Å². The Balaban J connectivity index is 1.82. The molecule has 1 aromatic rings. The lowest BCUT2D eigenvalue weighted by molar-refractivity contribution is 0.181. The lowest BCUT2D eigenvalue weighted by Crippen LogP contribution is -2.58. The molecular weight excluding hydrogens is 320 g/mol. The van der Waals surface area contributed by atoms with Gasteiger partial charge in [-0.15, -0.1) is 0 Å². The van der Waals surface area contributed by atoms with E-state index in [0.29, 0.717) is 19.1 Å². The summed E-state index contributed by atoms with van der Waals surface area (Å²) in [4.78, 5) is 24.5. The molecule has 0 atom stereocenters. The van der Waals surface area contributed by atoms with E-state index < -0.39 is 5.66 Å². The van der Waals surface area contributed by atoms with E-state index >= 15 is 0 Å². The van der Waals surface area contributed by atoms with Crippen molar-refractivity contribution in [2.24, 2.45) is 21.5 Å². The topological polar surface area (TPSA) is 110 Å². The van der Waals surface area contributed by atoms with Crippen LogP contribution in [0.1, 0.15) is 32.1 Å². The first-order chi connectivity index (χ1) is 12.1. The normalized spacial score (nSPS) is 22.6. The Morgan fingerprint density at radius 3 is 2.48 bits per heavy atom. The van der Waals surface area contributed by atoms with Crippen LogP contribution in [0.2, 0.25) is 0 Å². The van der Waals surface area contributed by atoms with E-state index in [4.69, 9.17) is 16.2 Å². The predicted molar refractivity (Wildman–Crippen MR) is 96.7 cm³/mol. The molecule has 4 N–H and O–H groups in total. The molecule has 2 aliphatic heterocycles. The van der Waals surface area contributed by atoms with Crippen molar-refractivity contribution in [3.63, 3.8) is 0 Å². The number of hydrogen-bond donors (Lipinski definition) is 2. The number of nitrogens with zero attached hydrogens (tertiary/aromatic N) is 4. The average Bonchev–Trinajstić information content (AvgIpc) is 3.01. The number of carbonyl (C=O) groups is 1. The number of cyclic esters (lactones) is 1. The summed E-state index contributed by atoms with van der Waals surface area (Å²) in [6, 6.07) is 7.66. The van der Waals surface area contributed by atoms with Crippen LogP contribution in [0.5, 0.6) is 0 Å². The third-order valence-corrected chi connectivity index (χ3v) is 5.03. The lowest BCUT2D eigenvalue weighted by atomic mass is 9.87. The molecule has 2 heterocycles. The second kappa shape index (κ2) is 5.94. The molecule has 0 unspecified atom stereocenters. The van der Waals surface area contributed by atoms with Gasteiger partial charge in [-0.05, 0) is 37.8 Å². The summed E-state index contributed by atoms with van der Waals surface area (Å²) in [6.07, 6.45) is 4.62. The van der Waals surface area contributed by atoms with E-state index in [1.54, 1.807) is 4.90 Å². The van der Waals surface area contributed by atoms with Crippen LogP contribution in [0.3, 0.4) is 0 Å². The average molecular weight is 342 g/mol. The number of carbonyl (C=O) groups excluding carboxylic acids is 1. The van der Waals surface area contributed by atoms with Gasteiger partial charge in [0.2, 0.25) is 11.9 Å². The number of benzene rings is 1. The third-order valence-electron chi connectivity index (χ3n) is 5.03. The number of para-hydroxylation sites is 2. The molecule has 8 heteroatoms. The largest absolute Gasteiger partial charge is 0.447 e. The molecule has 4 rings (SSSR count). The van der Waals surface area contributed by atoms with Crippen molar-refractivity contribution in [3.05, 3.63) is 24.3 Å². The second-order valence-electron chi connectivity index (χ2n) is 6.57. The molecule has 1 aliphatic carbocycles. The fourth-order valence-electron chi connectivity index (χ4n) is 3.96. The molecule has 25 heavy (non-hydrogen) atoms. The van der Waals surface area contributed by atoms with Crippen molar-refractivity contribution in [3.8, 4) is 0 Å². The Hall–Kier alpha value is -2.77. The molecule has 2 fully saturated rings. The van der Waals surface area contributed by atoms with Crippen LogP contribution in [0.4, 0.5) is 16.2 Å². The SMILES string of the molecule is NC1=NC2(CCCCC2)N(c2ccccc2N2CCOC2=O)C(N)=N1. The van der Waals surface area contributed by atoms with E-state index in [-0.39, 0.29) is 12.1 Å². The van der Waals surface area contributed by atoms with Crippen LogP contribution < -0.4 is 21.3 Å². The number of rotatable bonds is 2. The van der Waals surface area contributed by atoms with E-state index in [9.17, 15) is 4.79 Å². The number of nitrogens with two attached hydrogens (primary N) is 2. The predicted octanol–water partition coefficient (Wildman–Crippen LogP) is 1.75. The maximum atomic E-state index is 12.1. The first kappa shape index (κ1) is 15.7. The van der Waals surface area contributed by atoms with Crippen LogP contribution >= 0.6 is 0 Å². The summed E-state index contributed by atoms with van der Waals surface area (Å²) < 4.78 is 5.10. The highest BCUT2D eigenvalue weighted by Crippen LogP contribution is 2.43. The van der Waals surface area contributed by atoms with Gasteiger partial charge in [0.05, 0.1) is 17.9 Å². The summed E-state index contributed by atoms with van der Waals surface area (Å²) in [5.41, 5.74) is 13.2. The van der Waals surface area contributed by atoms with E-state index in [1.165, 1.54) is 6.42 Å². The van der Waals surface area contributed by atoms with Crippen molar-refractivity contribution in [1.29, 1.82) is 0 Å². The van der Waals surface area contributed by atoms with E-state index in [0.717, 1.165) is 37.1 Å². The van der Waals surface area contributed by atoms with Gasteiger partial charge in [-0.2, -0.15) is 4.99 Å². The smallest absolute Gasteiger partial charge is 0.414 e. The third kappa shape index (κ3) is 2.57. The molecule has 0 aromatic heterocycles. The highest BCUT2D eigenvalue weighted by atomic mass is 16.6. The van der Waals surface area contributed by atoms with Gasteiger partial charge in [0.15, 0.2) is 0 Å². The summed E-state index contributed by atoms with van der Waals surface area (Å²) in [7, 11) is 0. The monoisotopic (exact) mass is 342 g/mol. The Bertz CT molecular complexity index is 753. The molecular formula is C17H22N6O2. The number of anilines is 2. The van der Waals surface area contributed by atoms with E-state index in [1.807, 2.05) is 29.2 Å². The lowest BCUT2D eigenvalue weighted by Gasteiger charge is -2.46. The Morgan fingerprint density at radius 1 is 1.08 bits per heavy atom. The van der Waals surface area contributed by atoms with Crippen LogP contribution in [-0.2, 0) is 4.74 Å². The molecule has 0 radical (unpaired) electrons. The van der Waals surface area contributed by atoms with Crippen molar-refractivity contribution in [2.75, 3.05) is 23.0 Å². The van der Waals surface area contributed by atoms with Crippen molar-refractivity contribution < 1.29 is 9.53 Å². The number of guanidine groups is 2. The minimum atomic E-state index is -0.534. The highest BCUT2D eigenvalue weighted by Gasteiger charge is 2.44. The maximum Gasteiger partial charge on any atom is 0.414 e. The van der Waals surface area contributed by atoms with Crippen molar-refractivity contribution >= 4 is 29.4 Å². The molecule has 1 saturated carbocycles.